The Hall–Kier alpha value is -1.05. The van der Waals surface area contributed by atoms with Gasteiger partial charge in [-0.15, -0.1) is 0 Å². The van der Waals surface area contributed by atoms with Crippen LogP contribution < -0.4 is 0 Å². The molecule has 0 spiro atoms. The average molecular weight is 344 g/mol. The molecule has 7 heteroatoms. The van der Waals surface area contributed by atoms with Crippen LogP contribution in [0.15, 0.2) is 16.8 Å². The van der Waals surface area contributed by atoms with Gasteiger partial charge in [0.05, 0.1) is 18.6 Å². The lowest BCUT2D eigenvalue weighted by Crippen LogP contribution is -2.49. The van der Waals surface area contributed by atoms with Crippen LogP contribution in [-0.2, 0) is 11.2 Å². The molecule has 4 nitrogen and oxygen atoms in total. The van der Waals surface area contributed by atoms with Crippen LogP contribution in [0.25, 0.3) is 0 Å². The van der Waals surface area contributed by atoms with Crippen LogP contribution in [-0.4, -0.2) is 65.1 Å². The van der Waals surface area contributed by atoms with Gasteiger partial charge in [0.2, 0.25) is 5.91 Å². The molecule has 1 N–H and O–H groups in total. The Morgan fingerprint density at radius 3 is 2.65 bits per heavy atom. The second-order valence-corrected chi connectivity index (χ2v) is 7.51. The molecular formula is C16H22F2N2O2S. The molecule has 3 heterocycles. The third kappa shape index (κ3) is 4.28. The molecule has 2 aliphatic heterocycles. The monoisotopic (exact) mass is 344 g/mol. The van der Waals surface area contributed by atoms with E-state index in [-0.39, 0.29) is 18.7 Å². The Morgan fingerprint density at radius 1 is 1.26 bits per heavy atom. The topological polar surface area (TPSA) is 43.8 Å². The summed E-state index contributed by atoms with van der Waals surface area (Å²) in [5.41, 5.74) is 0.0189. The van der Waals surface area contributed by atoms with Crippen molar-refractivity contribution in [3.05, 3.63) is 22.4 Å². The maximum Gasteiger partial charge on any atom is 0.250 e. The van der Waals surface area contributed by atoms with Gasteiger partial charge in [-0.1, -0.05) is 0 Å². The van der Waals surface area contributed by atoms with E-state index in [0.717, 1.165) is 5.56 Å². The van der Waals surface area contributed by atoms with Crippen LogP contribution in [0.5, 0.6) is 0 Å². The summed E-state index contributed by atoms with van der Waals surface area (Å²) in [4.78, 5) is 15.9. The number of β-amino-alcohol motifs (C(OH)–C–C–N with tert-alkyl or cyclic N) is 1. The number of halogens is 2. The van der Waals surface area contributed by atoms with E-state index >= 15 is 0 Å². The molecule has 128 valence electrons. The number of hydrogen-bond acceptors (Lipinski definition) is 4. The Bertz CT molecular complexity index is 542. The second-order valence-electron chi connectivity index (χ2n) is 6.73. The molecule has 1 amide bonds. The first-order chi connectivity index (χ1) is 10.9. The molecular weight excluding hydrogens is 322 g/mol. The summed E-state index contributed by atoms with van der Waals surface area (Å²) in [6.45, 7) is 1.80. The van der Waals surface area contributed by atoms with Gasteiger partial charge >= 0.3 is 0 Å². The van der Waals surface area contributed by atoms with E-state index in [1.807, 2.05) is 21.7 Å². The predicted octanol–water partition coefficient (Wildman–Crippen LogP) is 1.99. The number of piperidine rings is 1. The first-order valence-corrected chi connectivity index (χ1v) is 8.91. The summed E-state index contributed by atoms with van der Waals surface area (Å²) < 4.78 is 26.4. The minimum Gasteiger partial charge on any atom is -0.387 e. The third-order valence-electron chi connectivity index (χ3n) is 4.73. The highest BCUT2D eigenvalue weighted by Gasteiger charge is 2.41. The van der Waals surface area contributed by atoms with Crippen molar-refractivity contribution in [3.63, 3.8) is 0 Å². The van der Waals surface area contributed by atoms with Crippen molar-refractivity contribution < 1.29 is 18.7 Å². The number of hydrogen-bond donors (Lipinski definition) is 1. The SMILES string of the molecule is O=C(Cc1ccsc1)N1CC[C@@](O)(CN2CCC(F)(F)CC2)C1. The molecule has 0 unspecified atom stereocenters. The smallest absolute Gasteiger partial charge is 0.250 e. The fourth-order valence-electron chi connectivity index (χ4n) is 3.33. The number of rotatable bonds is 4. The zero-order valence-corrected chi connectivity index (χ0v) is 13.8. The van der Waals surface area contributed by atoms with Gasteiger partial charge in [0.1, 0.15) is 0 Å². The van der Waals surface area contributed by atoms with Crippen LogP contribution in [0.1, 0.15) is 24.8 Å². The quantitative estimate of drug-likeness (QED) is 0.908. The maximum absolute atomic E-state index is 13.2. The second kappa shape index (κ2) is 6.45. The van der Waals surface area contributed by atoms with Crippen molar-refractivity contribution in [2.24, 2.45) is 0 Å². The summed E-state index contributed by atoms with van der Waals surface area (Å²) >= 11 is 1.56. The molecule has 0 bridgehead atoms. The fourth-order valence-corrected chi connectivity index (χ4v) is 4.00. The molecule has 0 saturated carbocycles. The van der Waals surface area contributed by atoms with Crippen LogP contribution in [0.4, 0.5) is 8.78 Å². The molecule has 1 aromatic rings. The van der Waals surface area contributed by atoms with Crippen molar-refractivity contribution in [1.29, 1.82) is 0 Å². The summed E-state index contributed by atoms with van der Waals surface area (Å²) in [5, 5.41) is 14.6. The Labute approximate surface area is 138 Å². The largest absolute Gasteiger partial charge is 0.387 e. The van der Waals surface area contributed by atoms with Gasteiger partial charge in [0, 0.05) is 39.0 Å². The Balaban J connectivity index is 1.50. The van der Waals surface area contributed by atoms with Gasteiger partial charge in [-0.05, 0) is 28.8 Å². The number of alkyl halides is 2. The fraction of sp³-hybridized carbons (Fsp3) is 0.688. The molecule has 0 radical (unpaired) electrons. The molecule has 0 aliphatic carbocycles. The lowest BCUT2D eigenvalue weighted by Gasteiger charge is -2.36. The van der Waals surface area contributed by atoms with Crippen LogP contribution >= 0.6 is 11.3 Å². The minimum atomic E-state index is -2.57. The van der Waals surface area contributed by atoms with Crippen molar-refractivity contribution in [2.75, 3.05) is 32.7 Å². The highest BCUT2D eigenvalue weighted by atomic mass is 32.1. The van der Waals surface area contributed by atoms with Gasteiger partial charge in [-0.3, -0.25) is 9.69 Å². The molecule has 2 fully saturated rings. The van der Waals surface area contributed by atoms with E-state index in [1.54, 1.807) is 16.2 Å². The number of nitrogens with zero attached hydrogens (tertiary/aromatic N) is 2. The average Bonchev–Trinajstić information content (AvgIpc) is 3.11. The van der Waals surface area contributed by atoms with Gasteiger partial charge in [-0.25, -0.2) is 8.78 Å². The lowest BCUT2D eigenvalue weighted by atomic mass is 10.00. The van der Waals surface area contributed by atoms with E-state index < -0.39 is 11.5 Å². The van der Waals surface area contributed by atoms with Gasteiger partial charge in [-0.2, -0.15) is 11.3 Å². The highest BCUT2D eigenvalue weighted by Crippen LogP contribution is 2.30. The van der Waals surface area contributed by atoms with E-state index in [4.69, 9.17) is 0 Å². The number of likely N-dealkylation sites (tertiary alicyclic amines) is 2. The molecule has 0 aromatic carbocycles. The van der Waals surface area contributed by atoms with Crippen LogP contribution in [0, 0.1) is 0 Å². The Morgan fingerprint density at radius 2 is 2.00 bits per heavy atom. The number of amides is 1. The predicted molar refractivity (Wildman–Crippen MR) is 84.8 cm³/mol. The first-order valence-electron chi connectivity index (χ1n) is 7.97. The number of thiophene rings is 1. The van der Waals surface area contributed by atoms with Crippen molar-refractivity contribution >= 4 is 17.2 Å². The standard InChI is InChI=1S/C16H22F2N2O2S/c17-16(18)3-5-19(6-4-16)11-15(22)2-7-20(12-15)14(21)9-13-1-8-23-10-13/h1,8,10,22H,2-7,9,11-12H2/t15-/m1/s1. The molecule has 2 saturated heterocycles. The van der Waals surface area contributed by atoms with Gasteiger partial charge < -0.3 is 10.0 Å². The zero-order valence-electron chi connectivity index (χ0n) is 13.0. The summed E-state index contributed by atoms with van der Waals surface area (Å²) in [5.74, 6) is -2.55. The zero-order chi connectivity index (χ0) is 16.5. The van der Waals surface area contributed by atoms with Crippen molar-refractivity contribution in [3.8, 4) is 0 Å². The minimum absolute atomic E-state index is 0.0181. The van der Waals surface area contributed by atoms with E-state index in [9.17, 15) is 18.7 Å². The highest BCUT2D eigenvalue weighted by molar-refractivity contribution is 7.07. The van der Waals surface area contributed by atoms with Gasteiger partial charge in [0.25, 0.3) is 5.92 Å². The third-order valence-corrected chi connectivity index (χ3v) is 5.46. The number of carbonyl (C=O) groups is 1. The molecule has 2 aliphatic rings. The summed E-state index contributed by atoms with van der Waals surface area (Å²) in [6.07, 6.45) is 0.568. The van der Waals surface area contributed by atoms with E-state index in [0.29, 0.717) is 45.6 Å². The number of aliphatic hydroxyl groups is 1. The number of carbonyl (C=O) groups excluding carboxylic acids is 1. The van der Waals surface area contributed by atoms with Gasteiger partial charge in [0.15, 0.2) is 0 Å². The lowest BCUT2D eigenvalue weighted by molar-refractivity contribution is -0.130. The first kappa shape index (κ1) is 16.8. The molecule has 23 heavy (non-hydrogen) atoms. The van der Waals surface area contributed by atoms with E-state index in [1.165, 1.54) is 0 Å². The maximum atomic E-state index is 13.2. The van der Waals surface area contributed by atoms with Crippen LogP contribution in [0.3, 0.4) is 0 Å². The van der Waals surface area contributed by atoms with Crippen molar-refractivity contribution in [2.45, 2.75) is 37.2 Å². The summed E-state index contributed by atoms with van der Waals surface area (Å²) in [6, 6.07) is 1.93. The van der Waals surface area contributed by atoms with Crippen molar-refractivity contribution in [1.82, 2.24) is 9.80 Å². The molecule has 1 aromatic heterocycles. The molecule has 1 atom stereocenters. The molecule has 3 rings (SSSR count). The van der Waals surface area contributed by atoms with Crippen LogP contribution in [0.2, 0.25) is 0 Å². The normalized spacial score (nSPS) is 28.2. The summed E-state index contributed by atoms with van der Waals surface area (Å²) in [7, 11) is 0. The Kier molecular flexibility index (Phi) is 4.71. The van der Waals surface area contributed by atoms with E-state index in [2.05, 4.69) is 0 Å².